The van der Waals surface area contributed by atoms with Gasteiger partial charge in [0.25, 0.3) is 0 Å². The second-order valence-corrected chi connectivity index (χ2v) is 4.44. The molecule has 0 radical (unpaired) electrons. The molecule has 0 saturated carbocycles. The Balaban J connectivity index is 1.87. The summed E-state index contributed by atoms with van der Waals surface area (Å²) in [7, 11) is 0. The molecule has 0 bridgehead atoms. The molecule has 1 fully saturated rings. The lowest BCUT2D eigenvalue weighted by Crippen LogP contribution is -2.03. The summed E-state index contributed by atoms with van der Waals surface area (Å²) < 4.78 is 9.94. The van der Waals surface area contributed by atoms with Crippen LogP contribution in [0.4, 0.5) is 0 Å². The van der Waals surface area contributed by atoms with Crippen molar-refractivity contribution in [1.82, 2.24) is 0 Å². The van der Waals surface area contributed by atoms with E-state index in [2.05, 4.69) is 31.9 Å². The first-order valence-electron chi connectivity index (χ1n) is 2.30. The van der Waals surface area contributed by atoms with Gasteiger partial charge in [0.2, 0.25) is 0 Å². The third kappa shape index (κ3) is 3.02. The topological polar surface area (TPSA) is 21.8 Å². The molecule has 1 atom stereocenters. The molecular weight excluding hydrogens is 240 g/mol. The van der Waals surface area contributed by atoms with E-state index < -0.39 is 0 Å². The van der Waals surface area contributed by atoms with Gasteiger partial charge in [-0.25, -0.2) is 0 Å². The number of rotatable bonds is 3. The zero-order valence-electron chi connectivity index (χ0n) is 4.14. The molecule has 0 aliphatic carbocycles. The van der Waals surface area contributed by atoms with Crippen LogP contribution < -0.4 is 0 Å². The molecule has 0 aromatic rings. The van der Waals surface area contributed by atoms with Gasteiger partial charge in [-0.3, -0.25) is 0 Å². The molecule has 1 aliphatic heterocycles. The first-order valence-corrected chi connectivity index (χ1v) is 4.13. The van der Waals surface area contributed by atoms with Gasteiger partial charge in [0, 0.05) is 0 Å². The third-order valence-electron chi connectivity index (χ3n) is 0.810. The Morgan fingerprint density at radius 3 is 2.75 bits per heavy atom. The summed E-state index contributed by atoms with van der Waals surface area (Å²) in [6.07, 6.45) is 0.354. The fourth-order valence-electron chi connectivity index (χ4n) is 0.344. The maximum atomic E-state index is 5.07. The largest absolute Gasteiger partial charge is 0.371 e. The molecule has 8 heavy (non-hydrogen) atoms. The summed E-state index contributed by atoms with van der Waals surface area (Å²) in [5.74, 6) is 0. The molecule has 0 aromatic carbocycles. The van der Waals surface area contributed by atoms with Crippen molar-refractivity contribution in [3.63, 3.8) is 0 Å². The Kier molecular flexibility index (Phi) is 2.75. The standard InChI is InChI=1S/C4H6Br2O2/c5-4(6)8-2-3-1-7-3/h3-4H,1-2H2. The van der Waals surface area contributed by atoms with Crippen LogP contribution in [-0.2, 0) is 9.47 Å². The van der Waals surface area contributed by atoms with Crippen LogP contribution in [0.15, 0.2) is 0 Å². The maximum Gasteiger partial charge on any atom is 0.167 e. The van der Waals surface area contributed by atoms with Gasteiger partial charge in [-0.1, -0.05) is 0 Å². The molecule has 0 N–H and O–H groups in total. The highest BCUT2D eigenvalue weighted by atomic mass is 79.9. The van der Waals surface area contributed by atoms with Crippen molar-refractivity contribution in [1.29, 1.82) is 0 Å². The van der Waals surface area contributed by atoms with Gasteiger partial charge in [0.15, 0.2) is 3.92 Å². The Labute approximate surface area is 64.8 Å². The molecule has 1 unspecified atom stereocenters. The Bertz CT molecular complexity index is 70.4. The quantitative estimate of drug-likeness (QED) is 0.555. The van der Waals surface area contributed by atoms with Crippen molar-refractivity contribution in [2.24, 2.45) is 0 Å². The Morgan fingerprint density at radius 1 is 1.75 bits per heavy atom. The Hall–Kier alpha value is 0.880. The van der Waals surface area contributed by atoms with Crippen LogP contribution in [0.5, 0.6) is 0 Å². The van der Waals surface area contributed by atoms with Crippen molar-refractivity contribution in [3.05, 3.63) is 0 Å². The fraction of sp³-hybridized carbons (Fsp3) is 1.00. The van der Waals surface area contributed by atoms with Gasteiger partial charge in [0.1, 0.15) is 6.10 Å². The zero-order valence-corrected chi connectivity index (χ0v) is 7.31. The van der Waals surface area contributed by atoms with Gasteiger partial charge in [-0.2, -0.15) is 0 Å². The highest BCUT2D eigenvalue weighted by Gasteiger charge is 2.22. The van der Waals surface area contributed by atoms with Crippen molar-refractivity contribution in [3.8, 4) is 0 Å². The second-order valence-electron chi connectivity index (χ2n) is 1.55. The lowest BCUT2D eigenvalue weighted by molar-refractivity contribution is 0.147. The van der Waals surface area contributed by atoms with Crippen molar-refractivity contribution in [2.45, 2.75) is 10.0 Å². The summed E-state index contributed by atoms with van der Waals surface area (Å²) in [4.78, 5) is 0. The molecule has 4 heteroatoms. The van der Waals surface area contributed by atoms with Gasteiger partial charge in [-0.15, -0.1) is 0 Å². The second kappa shape index (κ2) is 3.15. The summed E-state index contributed by atoms with van der Waals surface area (Å²) in [6.45, 7) is 1.54. The van der Waals surface area contributed by atoms with Crippen LogP contribution in [0.25, 0.3) is 0 Å². The SMILES string of the molecule is BrC(Br)OCC1CO1. The summed E-state index contributed by atoms with van der Waals surface area (Å²) >= 11 is 6.34. The van der Waals surface area contributed by atoms with Crippen molar-refractivity contribution < 1.29 is 9.47 Å². The smallest absolute Gasteiger partial charge is 0.167 e. The lowest BCUT2D eigenvalue weighted by atomic mass is 10.5. The predicted molar refractivity (Wildman–Crippen MR) is 37.3 cm³/mol. The molecule has 1 aliphatic rings. The summed E-state index contributed by atoms with van der Waals surface area (Å²) in [5, 5.41) is 0. The lowest BCUT2D eigenvalue weighted by Gasteiger charge is -1.99. The first kappa shape index (κ1) is 6.99. The summed E-state index contributed by atoms with van der Waals surface area (Å²) in [6, 6.07) is 0. The fourth-order valence-corrected chi connectivity index (χ4v) is 0.650. The van der Waals surface area contributed by atoms with Gasteiger partial charge in [0.05, 0.1) is 13.2 Å². The van der Waals surface area contributed by atoms with E-state index in [1.807, 2.05) is 0 Å². The zero-order chi connectivity index (χ0) is 5.98. The van der Waals surface area contributed by atoms with Crippen molar-refractivity contribution in [2.75, 3.05) is 13.2 Å². The molecule has 1 heterocycles. The van der Waals surface area contributed by atoms with Crippen LogP contribution in [-0.4, -0.2) is 23.2 Å². The van der Waals surface area contributed by atoms with E-state index in [1.54, 1.807) is 0 Å². The van der Waals surface area contributed by atoms with E-state index in [1.165, 1.54) is 0 Å². The van der Waals surface area contributed by atoms with E-state index in [0.29, 0.717) is 12.7 Å². The number of alkyl halides is 2. The van der Waals surface area contributed by atoms with Crippen LogP contribution in [0.3, 0.4) is 0 Å². The van der Waals surface area contributed by atoms with Gasteiger partial charge < -0.3 is 9.47 Å². The average Bonchev–Trinajstić information content (AvgIpc) is 2.41. The van der Waals surface area contributed by atoms with E-state index in [4.69, 9.17) is 9.47 Å². The molecule has 1 rings (SSSR count). The molecule has 0 amide bonds. The minimum Gasteiger partial charge on any atom is -0.371 e. The van der Waals surface area contributed by atoms with Crippen LogP contribution in [0, 0.1) is 0 Å². The molecule has 2 nitrogen and oxygen atoms in total. The number of epoxide rings is 1. The maximum absolute atomic E-state index is 5.07. The number of hydrogen-bond donors (Lipinski definition) is 0. The van der Waals surface area contributed by atoms with E-state index in [9.17, 15) is 0 Å². The van der Waals surface area contributed by atoms with Crippen molar-refractivity contribution >= 4 is 31.9 Å². The van der Waals surface area contributed by atoms with Gasteiger partial charge >= 0.3 is 0 Å². The highest BCUT2D eigenvalue weighted by molar-refractivity contribution is 9.24. The molecule has 48 valence electrons. The highest BCUT2D eigenvalue weighted by Crippen LogP contribution is 2.14. The first-order chi connectivity index (χ1) is 3.79. The predicted octanol–water partition coefficient (Wildman–Crippen LogP) is 1.48. The monoisotopic (exact) mass is 244 g/mol. The number of halogens is 2. The average molecular weight is 246 g/mol. The normalized spacial score (nSPS) is 26.6. The number of ether oxygens (including phenoxy) is 2. The molecule has 1 saturated heterocycles. The minimum atomic E-state index is -0.0285. The Morgan fingerprint density at radius 2 is 2.38 bits per heavy atom. The number of hydrogen-bond acceptors (Lipinski definition) is 2. The van der Waals surface area contributed by atoms with E-state index in [0.717, 1.165) is 6.61 Å². The minimum absolute atomic E-state index is 0.0285. The van der Waals surface area contributed by atoms with Gasteiger partial charge in [-0.05, 0) is 31.9 Å². The molecule has 0 aromatic heterocycles. The molecule has 0 spiro atoms. The van der Waals surface area contributed by atoms with E-state index in [-0.39, 0.29) is 3.92 Å². The van der Waals surface area contributed by atoms with Crippen LogP contribution in [0.2, 0.25) is 0 Å². The van der Waals surface area contributed by atoms with E-state index >= 15 is 0 Å². The third-order valence-corrected chi connectivity index (χ3v) is 1.34. The van der Waals surface area contributed by atoms with Crippen LogP contribution in [0.1, 0.15) is 0 Å². The van der Waals surface area contributed by atoms with Crippen LogP contribution >= 0.6 is 31.9 Å². The molecular formula is C4H6Br2O2. The summed E-state index contributed by atoms with van der Waals surface area (Å²) in [5.41, 5.74) is 0.